The van der Waals surface area contributed by atoms with Crippen LogP contribution >= 0.6 is 0 Å². The molecule has 1 saturated heterocycles. The summed E-state index contributed by atoms with van der Waals surface area (Å²) in [5.74, 6) is -0.210. The van der Waals surface area contributed by atoms with Gasteiger partial charge in [0.25, 0.3) is 0 Å². The Morgan fingerprint density at radius 3 is 2.38 bits per heavy atom. The summed E-state index contributed by atoms with van der Waals surface area (Å²) in [5.41, 5.74) is 1.03. The maximum atomic E-state index is 13.7. The van der Waals surface area contributed by atoms with Crippen molar-refractivity contribution in [2.45, 2.75) is 45.5 Å². The number of rotatable bonds is 4. The molecule has 3 rings (SSSR count). The Morgan fingerprint density at radius 2 is 1.77 bits per heavy atom. The third-order valence-corrected chi connectivity index (χ3v) is 4.94. The van der Waals surface area contributed by atoms with Crippen LogP contribution in [0.1, 0.15) is 38.8 Å². The van der Waals surface area contributed by atoms with Crippen LogP contribution < -0.4 is 10.2 Å². The monoisotopic (exact) mass is 353 g/mol. The molecule has 0 saturated carbocycles. The van der Waals surface area contributed by atoms with Gasteiger partial charge in [0.2, 0.25) is 0 Å². The van der Waals surface area contributed by atoms with E-state index in [1.54, 1.807) is 12.1 Å². The van der Waals surface area contributed by atoms with Crippen LogP contribution in [0, 0.1) is 17.1 Å². The van der Waals surface area contributed by atoms with Gasteiger partial charge in [0.05, 0.1) is 16.8 Å². The maximum absolute atomic E-state index is 13.7. The molecule has 4 nitrogen and oxygen atoms in total. The largest absolute Gasteiger partial charge is 0.494 e. The van der Waals surface area contributed by atoms with E-state index in [9.17, 15) is 4.39 Å². The molecule has 2 aromatic carbocycles. The summed E-state index contributed by atoms with van der Waals surface area (Å²) in [7, 11) is -0.438. The van der Waals surface area contributed by atoms with E-state index in [4.69, 9.17) is 19.3 Å². The second-order valence-electron chi connectivity index (χ2n) is 7.38. The SMILES string of the molecule is CC1(C)OB(c2cccc(COc3ccc(C#N)c(F)c3)c2)OC1(C)C. The highest BCUT2D eigenvalue weighted by atomic mass is 19.1. The van der Waals surface area contributed by atoms with Crippen molar-refractivity contribution in [3.63, 3.8) is 0 Å². The Bertz CT molecular complexity index is 844. The van der Waals surface area contributed by atoms with Crippen LogP contribution in [0.5, 0.6) is 5.75 Å². The summed E-state index contributed by atoms with van der Waals surface area (Å²) < 4.78 is 31.4. The van der Waals surface area contributed by atoms with Gasteiger partial charge in [-0.2, -0.15) is 5.26 Å². The first-order valence-electron chi connectivity index (χ1n) is 8.49. The van der Waals surface area contributed by atoms with Gasteiger partial charge in [-0.05, 0) is 50.9 Å². The van der Waals surface area contributed by atoms with Crippen molar-refractivity contribution in [1.82, 2.24) is 0 Å². The highest BCUT2D eigenvalue weighted by molar-refractivity contribution is 6.62. The van der Waals surface area contributed by atoms with Crippen molar-refractivity contribution in [2.24, 2.45) is 0 Å². The van der Waals surface area contributed by atoms with E-state index in [1.165, 1.54) is 12.1 Å². The fourth-order valence-corrected chi connectivity index (χ4v) is 2.65. The molecule has 0 spiro atoms. The van der Waals surface area contributed by atoms with E-state index in [-0.39, 0.29) is 12.2 Å². The Hall–Kier alpha value is -2.36. The third-order valence-electron chi connectivity index (χ3n) is 4.94. The lowest BCUT2D eigenvalue weighted by Gasteiger charge is -2.32. The predicted octanol–water partition coefficient (Wildman–Crippen LogP) is 3.58. The van der Waals surface area contributed by atoms with Crippen molar-refractivity contribution in [2.75, 3.05) is 0 Å². The fraction of sp³-hybridized carbons (Fsp3) is 0.350. The van der Waals surface area contributed by atoms with E-state index in [0.29, 0.717) is 5.75 Å². The second-order valence-corrected chi connectivity index (χ2v) is 7.38. The van der Waals surface area contributed by atoms with Crippen LogP contribution in [0.15, 0.2) is 42.5 Å². The lowest BCUT2D eigenvalue weighted by atomic mass is 9.78. The minimum Gasteiger partial charge on any atom is -0.489 e. The van der Waals surface area contributed by atoms with Gasteiger partial charge in [-0.15, -0.1) is 0 Å². The average molecular weight is 353 g/mol. The molecule has 1 fully saturated rings. The van der Waals surface area contributed by atoms with Gasteiger partial charge in [-0.3, -0.25) is 0 Å². The minimum absolute atomic E-state index is 0.0000996. The van der Waals surface area contributed by atoms with Crippen LogP contribution in [0.25, 0.3) is 0 Å². The first-order valence-corrected chi connectivity index (χ1v) is 8.49. The molecule has 134 valence electrons. The van der Waals surface area contributed by atoms with Crippen molar-refractivity contribution < 1.29 is 18.4 Å². The van der Waals surface area contributed by atoms with E-state index in [2.05, 4.69) is 0 Å². The zero-order valence-corrected chi connectivity index (χ0v) is 15.4. The van der Waals surface area contributed by atoms with E-state index in [0.717, 1.165) is 11.0 Å². The molecule has 0 amide bonds. The molecule has 1 aliphatic heterocycles. The zero-order valence-electron chi connectivity index (χ0n) is 15.4. The van der Waals surface area contributed by atoms with E-state index >= 15 is 0 Å². The molecule has 0 aromatic heterocycles. The summed E-state index contributed by atoms with van der Waals surface area (Å²) in [6.07, 6.45) is 0. The van der Waals surface area contributed by atoms with Gasteiger partial charge in [-0.25, -0.2) is 4.39 Å². The third kappa shape index (κ3) is 3.60. The van der Waals surface area contributed by atoms with Gasteiger partial charge in [-0.1, -0.05) is 24.3 Å². The molecule has 0 atom stereocenters. The number of nitrogens with zero attached hydrogens (tertiary/aromatic N) is 1. The number of nitriles is 1. The van der Waals surface area contributed by atoms with Crippen molar-refractivity contribution in [1.29, 1.82) is 5.26 Å². The number of hydrogen-bond donors (Lipinski definition) is 0. The molecule has 0 unspecified atom stereocenters. The highest BCUT2D eigenvalue weighted by Gasteiger charge is 2.51. The normalized spacial score (nSPS) is 17.8. The van der Waals surface area contributed by atoms with Crippen LogP contribution in [-0.4, -0.2) is 18.3 Å². The number of benzene rings is 2. The second kappa shape index (κ2) is 6.75. The van der Waals surface area contributed by atoms with Gasteiger partial charge in [0.1, 0.15) is 24.2 Å². The van der Waals surface area contributed by atoms with Gasteiger partial charge in [0.15, 0.2) is 0 Å². The number of hydrogen-bond acceptors (Lipinski definition) is 4. The lowest BCUT2D eigenvalue weighted by molar-refractivity contribution is 0.00578. The molecule has 6 heteroatoms. The summed E-state index contributed by atoms with van der Waals surface area (Å²) in [5, 5.41) is 8.77. The van der Waals surface area contributed by atoms with E-state index < -0.39 is 24.1 Å². The van der Waals surface area contributed by atoms with Crippen LogP contribution in [-0.2, 0) is 15.9 Å². The molecular weight excluding hydrogens is 332 g/mol. The number of halogens is 1. The lowest BCUT2D eigenvalue weighted by Crippen LogP contribution is -2.41. The van der Waals surface area contributed by atoms with Gasteiger partial charge in [0, 0.05) is 6.07 Å². The van der Waals surface area contributed by atoms with Crippen LogP contribution in [0.4, 0.5) is 4.39 Å². The molecule has 1 aliphatic rings. The van der Waals surface area contributed by atoms with Gasteiger partial charge >= 0.3 is 7.12 Å². The first-order chi connectivity index (χ1) is 12.2. The highest BCUT2D eigenvalue weighted by Crippen LogP contribution is 2.36. The Morgan fingerprint density at radius 1 is 1.08 bits per heavy atom. The first kappa shape index (κ1) is 18.4. The fourth-order valence-electron chi connectivity index (χ4n) is 2.65. The summed E-state index contributed by atoms with van der Waals surface area (Å²) in [6.45, 7) is 8.33. The smallest absolute Gasteiger partial charge is 0.489 e. The summed E-state index contributed by atoms with van der Waals surface area (Å²) in [6, 6.07) is 13.8. The van der Waals surface area contributed by atoms with Crippen molar-refractivity contribution in [3.05, 3.63) is 59.4 Å². The molecule has 0 radical (unpaired) electrons. The Labute approximate surface area is 153 Å². The molecular formula is C20H21BFNO3. The quantitative estimate of drug-likeness (QED) is 0.789. The molecule has 1 heterocycles. The van der Waals surface area contributed by atoms with Crippen LogP contribution in [0.3, 0.4) is 0 Å². The standard InChI is InChI=1S/C20H21BFNO3/c1-19(2)20(3,4)26-21(25-19)16-7-5-6-14(10-16)13-24-17-9-8-15(12-23)18(22)11-17/h5-11H,13H2,1-4H3. The average Bonchev–Trinajstić information content (AvgIpc) is 2.81. The Kier molecular flexibility index (Phi) is 4.79. The zero-order chi connectivity index (χ0) is 18.9. The minimum atomic E-state index is -0.587. The van der Waals surface area contributed by atoms with Crippen molar-refractivity contribution >= 4 is 12.6 Å². The Balaban J connectivity index is 1.71. The molecule has 0 bridgehead atoms. The summed E-state index contributed by atoms with van der Waals surface area (Å²) >= 11 is 0. The molecule has 2 aromatic rings. The molecule has 0 aliphatic carbocycles. The predicted molar refractivity (Wildman–Crippen MR) is 97.6 cm³/mol. The van der Waals surface area contributed by atoms with E-state index in [1.807, 2.05) is 52.0 Å². The topological polar surface area (TPSA) is 51.5 Å². The van der Waals surface area contributed by atoms with Crippen LogP contribution in [0.2, 0.25) is 0 Å². The number of ether oxygens (including phenoxy) is 1. The van der Waals surface area contributed by atoms with Crippen molar-refractivity contribution in [3.8, 4) is 11.8 Å². The summed E-state index contributed by atoms with van der Waals surface area (Å²) in [4.78, 5) is 0. The van der Waals surface area contributed by atoms with Gasteiger partial charge < -0.3 is 14.0 Å². The molecule has 26 heavy (non-hydrogen) atoms. The molecule has 0 N–H and O–H groups in total. The maximum Gasteiger partial charge on any atom is 0.494 e.